The smallest absolute Gasteiger partial charge is 0.115 e. The first kappa shape index (κ1) is 23.8. The van der Waals surface area contributed by atoms with Gasteiger partial charge in [-0.15, -0.1) is 0 Å². The molecule has 0 aliphatic rings. The summed E-state index contributed by atoms with van der Waals surface area (Å²) in [5, 5.41) is 22.7. The Morgan fingerprint density at radius 1 is 0.704 bits per heavy atom. The zero-order chi connectivity index (χ0) is 19.6. The lowest BCUT2D eigenvalue weighted by Crippen LogP contribution is -2.10. The van der Waals surface area contributed by atoms with Gasteiger partial charge in [0.15, 0.2) is 0 Å². The van der Waals surface area contributed by atoms with Gasteiger partial charge in [0.05, 0.1) is 6.10 Å². The van der Waals surface area contributed by atoms with Gasteiger partial charge in [-0.1, -0.05) is 84.0 Å². The van der Waals surface area contributed by atoms with Gasteiger partial charge in [0.2, 0.25) is 0 Å². The van der Waals surface area contributed by atoms with Crippen LogP contribution in [0.25, 0.3) is 0 Å². The van der Waals surface area contributed by atoms with Gasteiger partial charge >= 0.3 is 0 Å². The summed E-state index contributed by atoms with van der Waals surface area (Å²) in [4.78, 5) is 0. The number of rotatable bonds is 18. The molecule has 0 aliphatic carbocycles. The number of aromatic hydroxyl groups is 1. The molecule has 0 heterocycles. The van der Waals surface area contributed by atoms with E-state index in [-0.39, 0.29) is 6.10 Å². The molecule has 1 rings (SSSR count). The van der Waals surface area contributed by atoms with Crippen molar-refractivity contribution in [2.45, 2.75) is 109 Å². The van der Waals surface area contributed by atoms with Crippen LogP contribution in [0.15, 0.2) is 24.3 Å². The number of aliphatic hydroxyl groups is 1. The van der Waals surface area contributed by atoms with Crippen molar-refractivity contribution < 1.29 is 10.2 Å². The molecule has 1 unspecified atom stereocenters. The highest BCUT2D eigenvalue weighted by molar-refractivity contribution is 5.45. The summed E-state index contributed by atoms with van der Waals surface area (Å²) in [5.41, 5.74) is 1.02. The van der Waals surface area contributed by atoms with E-state index in [9.17, 15) is 10.2 Å². The first-order chi connectivity index (χ1) is 13.2. The lowest BCUT2D eigenvalue weighted by molar-refractivity contribution is 0.149. The number of anilines is 1. The Hall–Kier alpha value is -1.22. The number of unbranched alkanes of at least 4 members (excludes halogenated alkanes) is 11. The van der Waals surface area contributed by atoms with Crippen molar-refractivity contribution in [3.05, 3.63) is 24.3 Å². The molecule has 0 radical (unpaired) electrons. The third-order valence-electron chi connectivity index (χ3n) is 5.30. The molecule has 3 heteroatoms. The number of benzene rings is 1. The summed E-state index contributed by atoms with van der Waals surface area (Å²) in [6.07, 6.45) is 19.0. The van der Waals surface area contributed by atoms with Crippen LogP contribution < -0.4 is 5.32 Å². The van der Waals surface area contributed by atoms with E-state index in [1.807, 2.05) is 12.1 Å². The van der Waals surface area contributed by atoms with Gasteiger partial charge in [-0.05, 0) is 43.5 Å². The highest BCUT2D eigenvalue weighted by Crippen LogP contribution is 2.15. The normalized spacial score (nSPS) is 12.2. The van der Waals surface area contributed by atoms with Crippen LogP contribution in [0, 0.1) is 0 Å². The molecule has 156 valence electrons. The van der Waals surface area contributed by atoms with E-state index in [1.165, 1.54) is 70.6 Å². The largest absolute Gasteiger partial charge is 0.508 e. The molecule has 1 aromatic carbocycles. The van der Waals surface area contributed by atoms with Crippen LogP contribution in [0.4, 0.5) is 5.69 Å². The van der Waals surface area contributed by atoms with Crippen molar-refractivity contribution in [3.8, 4) is 5.75 Å². The van der Waals surface area contributed by atoms with Crippen molar-refractivity contribution in [1.29, 1.82) is 0 Å². The van der Waals surface area contributed by atoms with Crippen molar-refractivity contribution in [2.24, 2.45) is 0 Å². The van der Waals surface area contributed by atoms with Gasteiger partial charge in [-0.3, -0.25) is 0 Å². The number of aliphatic hydroxyl groups excluding tert-OH is 1. The molecule has 3 N–H and O–H groups in total. The maximum absolute atomic E-state index is 10.1. The third kappa shape index (κ3) is 14.5. The molecule has 0 saturated carbocycles. The zero-order valence-electron chi connectivity index (χ0n) is 17.6. The lowest BCUT2D eigenvalue weighted by atomic mass is 10.0. The van der Waals surface area contributed by atoms with Crippen molar-refractivity contribution >= 4 is 5.69 Å². The molecule has 0 saturated heterocycles. The van der Waals surface area contributed by atoms with E-state index < -0.39 is 0 Å². The number of hydrogen-bond donors (Lipinski definition) is 3. The first-order valence-corrected chi connectivity index (χ1v) is 11.4. The van der Waals surface area contributed by atoms with Crippen LogP contribution in [-0.2, 0) is 0 Å². The number of phenolic OH excluding ortho intramolecular Hbond substituents is 1. The van der Waals surface area contributed by atoms with Gasteiger partial charge in [-0.2, -0.15) is 0 Å². The van der Waals surface area contributed by atoms with Crippen LogP contribution in [-0.4, -0.2) is 22.9 Å². The summed E-state index contributed by atoms with van der Waals surface area (Å²) in [6, 6.07) is 7.12. The number of nitrogens with one attached hydrogen (secondary N) is 1. The molecule has 0 amide bonds. The number of phenols is 1. The maximum Gasteiger partial charge on any atom is 0.115 e. The Balaban J connectivity index is 1.82. The Labute approximate surface area is 167 Å². The van der Waals surface area contributed by atoms with Gasteiger partial charge in [-0.25, -0.2) is 0 Å². The summed E-state index contributed by atoms with van der Waals surface area (Å²) in [5.74, 6) is 0.290. The lowest BCUT2D eigenvalue weighted by Gasteiger charge is -2.11. The Morgan fingerprint density at radius 3 is 1.74 bits per heavy atom. The van der Waals surface area contributed by atoms with E-state index in [0.717, 1.165) is 37.9 Å². The molecule has 0 aromatic heterocycles. The van der Waals surface area contributed by atoms with Crippen LogP contribution in [0.3, 0.4) is 0 Å². The molecule has 0 fully saturated rings. The van der Waals surface area contributed by atoms with Crippen molar-refractivity contribution in [2.75, 3.05) is 11.9 Å². The minimum Gasteiger partial charge on any atom is -0.508 e. The topological polar surface area (TPSA) is 52.5 Å². The van der Waals surface area contributed by atoms with Crippen molar-refractivity contribution in [1.82, 2.24) is 0 Å². The highest BCUT2D eigenvalue weighted by Gasteiger charge is 2.04. The van der Waals surface area contributed by atoms with E-state index in [4.69, 9.17) is 0 Å². The summed E-state index contributed by atoms with van der Waals surface area (Å²) >= 11 is 0. The predicted molar refractivity (Wildman–Crippen MR) is 118 cm³/mol. The van der Waals surface area contributed by atoms with E-state index in [1.54, 1.807) is 12.1 Å². The second kappa shape index (κ2) is 16.9. The average molecular weight is 378 g/mol. The molecule has 0 aliphatic heterocycles. The van der Waals surface area contributed by atoms with E-state index in [2.05, 4.69) is 12.2 Å². The minimum absolute atomic E-state index is 0.158. The molecule has 0 spiro atoms. The second-order valence-corrected chi connectivity index (χ2v) is 7.95. The fraction of sp³-hybridized carbons (Fsp3) is 0.750. The monoisotopic (exact) mass is 377 g/mol. The highest BCUT2D eigenvalue weighted by atomic mass is 16.3. The fourth-order valence-corrected chi connectivity index (χ4v) is 3.51. The van der Waals surface area contributed by atoms with Crippen LogP contribution in [0.2, 0.25) is 0 Å². The molecule has 3 nitrogen and oxygen atoms in total. The van der Waals surface area contributed by atoms with Gasteiger partial charge in [0, 0.05) is 12.2 Å². The van der Waals surface area contributed by atoms with Gasteiger partial charge < -0.3 is 15.5 Å². The molecule has 1 aromatic rings. The van der Waals surface area contributed by atoms with E-state index >= 15 is 0 Å². The Morgan fingerprint density at radius 2 is 1.19 bits per heavy atom. The summed E-state index contributed by atoms with van der Waals surface area (Å²) in [6.45, 7) is 3.14. The average Bonchev–Trinajstić information content (AvgIpc) is 2.67. The molecule has 0 bridgehead atoms. The van der Waals surface area contributed by atoms with Gasteiger partial charge in [0.25, 0.3) is 0 Å². The molecular weight excluding hydrogens is 334 g/mol. The van der Waals surface area contributed by atoms with Crippen LogP contribution >= 0.6 is 0 Å². The second-order valence-electron chi connectivity index (χ2n) is 7.95. The van der Waals surface area contributed by atoms with E-state index in [0.29, 0.717) is 5.75 Å². The molecule has 1 atom stereocenters. The summed E-state index contributed by atoms with van der Waals surface area (Å²) < 4.78 is 0. The van der Waals surface area contributed by atoms with Crippen LogP contribution in [0.5, 0.6) is 5.75 Å². The SMILES string of the molecule is CCCCCCCCCCCCCCC(O)CCCNc1ccc(O)cc1. The van der Waals surface area contributed by atoms with Crippen LogP contribution in [0.1, 0.15) is 103 Å². The fourth-order valence-electron chi connectivity index (χ4n) is 3.51. The zero-order valence-corrected chi connectivity index (χ0v) is 17.6. The maximum atomic E-state index is 10.1. The molecular formula is C24H43NO2. The predicted octanol–water partition coefficient (Wildman–Crippen LogP) is 7.04. The quantitative estimate of drug-likeness (QED) is 0.190. The Kier molecular flexibility index (Phi) is 14.9. The standard InChI is InChI=1S/C24H43NO2/c1-2-3-4-5-6-7-8-9-10-11-12-13-15-23(26)16-14-21-25-22-17-19-24(27)20-18-22/h17-20,23,25-27H,2-16,21H2,1H3. The third-order valence-corrected chi connectivity index (χ3v) is 5.30. The first-order valence-electron chi connectivity index (χ1n) is 11.4. The molecule has 27 heavy (non-hydrogen) atoms. The minimum atomic E-state index is -0.158. The Bertz CT molecular complexity index is 433. The summed E-state index contributed by atoms with van der Waals surface area (Å²) in [7, 11) is 0. The number of hydrogen-bond acceptors (Lipinski definition) is 3. The van der Waals surface area contributed by atoms with Crippen molar-refractivity contribution in [3.63, 3.8) is 0 Å². The van der Waals surface area contributed by atoms with Gasteiger partial charge in [0.1, 0.15) is 5.75 Å².